The average molecular weight is 444 g/mol. The molecule has 8 heteroatoms. The number of carbonyl (C=O) groups excluding carboxylic acids is 3. The molecule has 3 amide bonds. The number of benzene rings is 2. The minimum absolute atomic E-state index is 0.0551. The summed E-state index contributed by atoms with van der Waals surface area (Å²) in [4.78, 5) is 38.5. The maximum absolute atomic E-state index is 12.8. The van der Waals surface area contributed by atoms with Gasteiger partial charge in [-0.25, -0.2) is 0 Å². The summed E-state index contributed by atoms with van der Waals surface area (Å²) in [5.74, 6) is 0.558. The Labute approximate surface area is 187 Å². The Morgan fingerprint density at radius 3 is 2.42 bits per heavy atom. The fourth-order valence-corrected chi connectivity index (χ4v) is 3.14. The van der Waals surface area contributed by atoms with Gasteiger partial charge in [-0.05, 0) is 61.8 Å². The van der Waals surface area contributed by atoms with Crippen molar-refractivity contribution in [3.63, 3.8) is 0 Å². The van der Waals surface area contributed by atoms with E-state index in [1.807, 2.05) is 25.3 Å². The zero-order valence-electron chi connectivity index (χ0n) is 18.3. The zero-order chi connectivity index (χ0) is 22.8. The molecule has 0 radical (unpaired) electrons. The number of ether oxygens (including phenoxy) is 1. The van der Waals surface area contributed by atoms with Crippen molar-refractivity contribution >= 4 is 35.2 Å². The number of hydrogen-bond acceptors (Lipinski definition) is 5. The highest BCUT2D eigenvalue weighted by atomic mass is 32.2. The van der Waals surface area contributed by atoms with Crippen LogP contribution in [-0.4, -0.2) is 61.4 Å². The van der Waals surface area contributed by atoms with Gasteiger partial charge in [0.15, 0.2) is 6.61 Å². The minimum Gasteiger partial charge on any atom is -0.484 e. The zero-order valence-corrected chi connectivity index (χ0v) is 19.1. The minimum atomic E-state index is -0.658. The number of hydrogen-bond donors (Lipinski definition) is 2. The lowest BCUT2D eigenvalue weighted by molar-refractivity contribution is -0.130. The van der Waals surface area contributed by atoms with Gasteiger partial charge in [0, 0.05) is 25.3 Å². The van der Waals surface area contributed by atoms with Gasteiger partial charge in [0.1, 0.15) is 11.8 Å². The Kier molecular flexibility index (Phi) is 9.40. The van der Waals surface area contributed by atoms with E-state index in [4.69, 9.17) is 4.74 Å². The van der Waals surface area contributed by atoms with Gasteiger partial charge in [0.05, 0.1) is 0 Å². The largest absolute Gasteiger partial charge is 0.484 e. The van der Waals surface area contributed by atoms with Crippen molar-refractivity contribution in [3.8, 4) is 5.75 Å². The first-order valence-corrected chi connectivity index (χ1v) is 11.3. The number of thioether (sulfide) groups is 1. The maximum Gasteiger partial charge on any atom is 0.259 e. The molecule has 166 valence electrons. The Bertz CT molecular complexity index is 900. The average Bonchev–Trinajstić information content (AvgIpc) is 2.75. The molecule has 0 saturated carbocycles. The number of nitrogens with zero attached hydrogens (tertiary/aromatic N) is 1. The second-order valence-electron chi connectivity index (χ2n) is 7.27. The SMILES string of the molecule is CSCCC(NC(=O)c1cccc(C)c1)C(=O)Nc1ccc(OCC(=O)N(C)C)cc1. The fourth-order valence-electron chi connectivity index (χ4n) is 2.67. The van der Waals surface area contributed by atoms with Crippen molar-refractivity contribution < 1.29 is 19.1 Å². The smallest absolute Gasteiger partial charge is 0.259 e. The molecule has 0 saturated heterocycles. The molecule has 0 heterocycles. The van der Waals surface area contributed by atoms with Crippen molar-refractivity contribution in [2.75, 3.05) is 38.0 Å². The molecular weight excluding hydrogens is 414 g/mol. The van der Waals surface area contributed by atoms with Gasteiger partial charge in [-0.3, -0.25) is 14.4 Å². The molecule has 31 heavy (non-hydrogen) atoms. The highest BCUT2D eigenvalue weighted by Gasteiger charge is 2.21. The van der Waals surface area contributed by atoms with E-state index in [1.54, 1.807) is 62.3 Å². The van der Waals surface area contributed by atoms with Crippen LogP contribution < -0.4 is 15.4 Å². The van der Waals surface area contributed by atoms with Crippen molar-refractivity contribution in [3.05, 3.63) is 59.7 Å². The van der Waals surface area contributed by atoms with Crippen LogP contribution in [-0.2, 0) is 9.59 Å². The normalized spacial score (nSPS) is 11.4. The first-order valence-electron chi connectivity index (χ1n) is 9.90. The van der Waals surface area contributed by atoms with Crippen molar-refractivity contribution in [2.24, 2.45) is 0 Å². The van der Waals surface area contributed by atoms with Gasteiger partial charge in [0.2, 0.25) is 5.91 Å². The van der Waals surface area contributed by atoms with Crippen LogP contribution in [0.4, 0.5) is 5.69 Å². The highest BCUT2D eigenvalue weighted by Crippen LogP contribution is 2.16. The number of nitrogens with one attached hydrogen (secondary N) is 2. The van der Waals surface area contributed by atoms with Crippen molar-refractivity contribution in [1.82, 2.24) is 10.2 Å². The van der Waals surface area contributed by atoms with Crippen LogP contribution in [0.5, 0.6) is 5.75 Å². The standard InChI is InChI=1S/C23H29N3O4S/c1-16-6-5-7-17(14-16)22(28)25-20(12-13-31-4)23(29)24-18-8-10-19(11-9-18)30-15-21(27)26(2)3/h5-11,14,20H,12-13,15H2,1-4H3,(H,24,29)(H,25,28). The van der Waals surface area contributed by atoms with Crippen LogP contribution in [0.25, 0.3) is 0 Å². The van der Waals surface area contributed by atoms with Crippen LogP contribution in [0.15, 0.2) is 48.5 Å². The van der Waals surface area contributed by atoms with E-state index in [-0.39, 0.29) is 24.3 Å². The molecule has 0 aliphatic heterocycles. The number of carbonyl (C=O) groups is 3. The third-order valence-corrected chi connectivity index (χ3v) is 5.14. The molecule has 2 rings (SSSR count). The molecule has 0 spiro atoms. The molecule has 0 aliphatic rings. The summed E-state index contributed by atoms with van der Waals surface area (Å²) in [7, 11) is 3.32. The van der Waals surface area contributed by atoms with Gasteiger partial charge in [-0.2, -0.15) is 11.8 Å². The summed E-state index contributed by atoms with van der Waals surface area (Å²) in [6.45, 7) is 1.86. The first kappa shape index (κ1) is 24.3. The second kappa shape index (κ2) is 12.0. The molecule has 7 nitrogen and oxygen atoms in total. The highest BCUT2D eigenvalue weighted by molar-refractivity contribution is 7.98. The quantitative estimate of drug-likeness (QED) is 0.590. The monoisotopic (exact) mass is 443 g/mol. The Morgan fingerprint density at radius 1 is 1.10 bits per heavy atom. The summed E-state index contributed by atoms with van der Waals surface area (Å²) in [5, 5.41) is 5.67. The van der Waals surface area contributed by atoms with E-state index in [9.17, 15) is 14.4 Å². The van der Waals surface area contributed by atoms with E-state index in [2.05, 4.69) is 10.6 Å². The lowest BCUT2D eigenvalue weighted by atomic mass is 10.1. The molecule has 2 N–H and O–H groups in total. The number of likely N-dealkylation sites (N-methyl/N-ethyl adjacent to an activating group) is 1. The molecule has 1 unspecified atom stereocenters. The van der Waals surface area contributed by atoms with Gasteiger partial charge < -0.3 is 20.3 Å². The van der Waals surface area contributed by atoms with Gasteiger partial charge in [-0.15, -0.1) is 0 Å². The molecule has 0 aromatic heterocycles. The molecule has 0 fully saturated rings. The molecule has 2 aromatic rings. The number of anilines is 1. The van der Waals surface area contributed by atoms with Crippen LogP contribution in [0, 0.1) is 6.92 Å². The van der Waals surface area contributed by atoms with Crippen LogP contribution in [0.3, 0.4) is 0 Å². The van der Waals surface area contributed by atoms with Gasteiger partial charge >= 0.3 is 0 Å². The summed E-state index contributed by atoms with van der Waals surface area (Å²) >= 11 is 1.61. The summed E-state index contributed by atoms with van der Waals surface area (Å²) < 4.78 is 5.44. The Balaban J connectivity index is 1.99. The van der Waals surface area contributed by atoms with Crippen LogP contribution in [0.2, 0.25) is 0 Å². The maximum atomic E-state index is 12.8. The fraction of sp³-hybridized carbons (Fsp3) is 0.348. The lowest BCUT2D eigenvalue weighted by Crippen LogP contribution is -2.44. The molecule has 1 atom stereocenters. The van der Waals surface area contributed by atoms with Gasteiger partial charge in [0.25, 0.3) is 11.8 Å². The van der Waals surface area contributed by atoms with E-state index in [0.717, 1.165) is 11.3 Å². The number of rotatable bonds is 10. The van der Waals surface area contributed by atoms with Crippen LogP contribution in [0.1, 0.15) is 22.3 Å². The molecular formula is C23H29N3O4S. The third kappa shape index (κ3) is 7.97. The Hall–Kier alpha value is -3.00. The van der Waals surface area contributed by atoms with Crippen molar-refractivity contribution in [2.45, 2.75) is 19.4 Å². The van der Waals surface area contributed by atoms with Crippen LogP contribution >= 0.6 is 11.8 Å². The topological polar surface area (TPSA) is 87.7 Å². The number of amides is 3. The molecule has 0 bridgehead atoms. The van der Waals surface area contributed by atoms with E-state index in [1.165, 1.54) is 4.90 Å². The Morgan fingerprint density at radius 2 is 1.81 bits per heavy atom. The van der Waals surface area contributed by atoms with Gasteiger partial charge in [-0.1, -0.05) is 17.7 Å². The predicted octanol–water partition coefficient (Wildman–Crippen LogP) is 2.95. The van der Waals surface area contributed by atoms with Crippen molar-refractivity contribution in [1.29, 1.82) is 0 Å². The second-order valence-corrected chi connectivity index (χ2v) is 8.25. The number of aryl methyl sites for hydroxylation is 1. The molecule has 2 aromatic carbocycles. The summed E-state index contributed by atoms with van der Waals surface area (Å²) in [6, 6.07) is 13.3. The first-order chi connectivity index (χ1) is 14.8. The summed E-state index contributed by atoms with van der Waals surface area (Å²) in [5.41, 5.74) is 2.08. The third-order valence-electron chi connectivity index (χ3n) is 4.50. The predicted molar refractivity (Wildman–Crippen MR) is 125 cm³/mol. The van der Waals surface area contributed by atoms with E-state index < -0.39 is 6.04 Å². The summed E-state index contributed by atoms with van der Waals surface area (Å²) in [6.07, 6.45) is 2.47. The lowest BCUT2D eigenvalue weighted by Gasteiger charge is -2.18. The molecule has 0 aliphatic carbocycles. The van der Waals surface area contributed by atoms with E-state index in [0.29, 0.717) is 23.4 Å². The van der Waals surface area contributed by atoms with E-state index >= 15 is 0 Å².